The van der Waals surface area contributed by atoms with Gasteiger partial charge in [-0.3, -0.25) is 4.79 Å². The molecule has 0 spiro atoms. The van der Waals surface area contributed by atoms with Crippen molar-refractivity contribution in [1.82, 2.24) is 14.3 Å². The predicted octanol–water partition coefficient (Wildman–Crippen LogP) is 1.98. The van der Waals surface area contributed by atoms with Crippen molar-refractivity contribution < 1.29 is 17.6 Å². The van der Waals surface area contributed by atoms with E-state index in [1.54, 1.807) is 24.0 Å². The van der Waals surface area contributed by atoms with Gasteiger partial charge in [0.05, 0.1) is 18.0 Å². The van der Waals surface area contributed by atoms with E-state index in [9.17, 15) is 17.6 Å². The molecule has 2 aromatic rings. The van der Waals surface area contributed by atoms with Gasteiger partial charge in [0.1, 0.15) is 17.5 Å². The highest BCUT2D eigenvalue weighted by molar-refractivity contribution is 7.89. The Morgan fingerprint density at radius 2 is 1.83 bits per heavy atom. The first-order valence-corrected chi connectivity index (χ1v) is 11.3. The van der Waals surface area contributed by atoms with Crippen molar-refractivity contribution in [1.29, 1.82) is 0 Å². The summed E-state index contributed by atoms with van der Waals surface area (Å²) in [4.78, 5) is 25.1. The Morgan fingerprint density at radius 1 is 1.17 bits per heavy atom. The SMILES string of the molecule is CCS(=O)(=O)N(C)Cc1nc(C2CC(=O)N(c3ccc(F)cc3)C2)cc(N(C)C)n1. The normalized spacial score (nSPS) is 17.1. The summed E-state index contributed by atoms with van der Waals surface area (Å²) in [6, 6.07) is 7.64. The van der Waals surface area contributed by atoms with Crippen molar-refractivity contribution in [3.8, 4) is 0 Å². The Kier molecular flexibility index (Phi) is 6.37. The molecular weight excluding hydrogens is 409 g/mol. The van der Waals surface area contributed by atoms with Crippen LogP contribution in [0.5, 0.6) is 0 Å². The van der Waals surface area contributed by atoms with E-state index >= 15 is 0 Å². The Hall–Kier alpha value is -2.59. The van der Waals surface area contributed by atoms with Crippen molar-refractivity contribution in [2.45, 2.75) is 25.8 Å². The molecule has 0 N–H and O–H groups in total. The third-order valence-corrected chi connectivity index (χ3v) is 6.93. The minimum atomic E-state index is -3.37. The first-order chi connectivity index (χ1) is 14.1. The maximum atomic E-state index is 13.2. The number of carbonyl (C=O) groups is 1. The highest BCUT2D eigenvalue weighted by atomic mass is 32.2. The van der Waals surface area contributed by atoms with Crippen LogP contribution >= 0.6 is 0 Å². The number of rotatable bonds is 7. The number of hydrogen-bond acceptors (Lipinski definition) is 6. The average molecular weight is 436 g/mol. The topological polar surface area (TPSA) is 86.7 Å². The molecule has 1 unspecified atom stereocenters. The van der Waals surface area contributed by atoms with Gasteiger partial charge in [-0.2, -0.15) is 4.31 Å². The smallest absolute Gasteiger partial charge is 0.227 e. The minimum absolute atomic E-state index is 0.00646. The predicted molar refractivity (Wildman–Crippen MR) is 113 cm³/mol. The molecule has 1 atom stereocenters. The summed E-state index contributed by atoms with van der Waals surface area (Å²) >= 11 is 0. The molecule has 2 heterocycles. The van der Waals surface area contributed by atoms with Crippen LogP contribution in [0.2, 0.25) is 0 Å². The van der Waals surface area contributed by atoms with Crippen LogP contribution in [-0.2, 0) is 21.4 Å². The first kappa shape index (κ1) is 22.1. The maximum absolute atomic E-state index is 13.2. The van der Waals surface area contributed by atoms with Crippen LogP contribution in [0.25, 0.3) is 0 Å². The number of carbonyl (C=O) groups excluding carboxylic acids is 1. The Bertz CT molecular complexity index is 1030. The Balaban J connectivity index is 1.89. The molecule has 0 saturated carbocycles. The summed E-state index contributed by atoms with van der Waals surface area (Å²) in [6.07, 6.45) is 0.268. The number of benzene rings is 1. The lowest BCUT2D eigenvalue weighted by Crippen LogP contribution is -2.29. The second kappa shape index (κ2) is 8.65. The summed E-state index contributed by atoms with van der Waals surface area (Å²) in [5.74, 6) is 0.422. The molecule has 1 aliphatic heterocycles. The molecule has 1 saturated heterocycles. The number of halogens is 1. The zero-order chi connectivity index (χ0) is 22.1. The number of hydrogen-bond donors (Lipinski definition) is 0. The lowest BCUT2D eigenvalue weighted by atomic mass is 10.0. The number of anilines is 2. The van der Waals surface area contributed by atoms with Crippen LogP contribution in [0.1, 0.15) is 30.8 Å². The fourth-order valence-corrected chi connectivity index (χ4v) is 4.06. The zero-order valence-corrected chi connectivity index (χ0v) is 18.4. The second-order valence-corrected chi connectivity index (χ2v) is 9.86. The van der Waals surface area contributed by atoms with Crippen LogP contribution in [0, 0.1) is 5.82 Å². The fraction of sp³-hybridized carbons (Fsp3) is 0.450. The van der Waals surface area contributed by atoms with Crippen LogP contribution in [0.4, 0.5) is 15.9 Å². The molecule has 1 aliphatic rings. The van der Waals surface area contributed by atoms with Gasteiger partial charge >= 0.3 is 0 Å². The van der Waals surface area contributed by atoms with E-state index in [-0.39, 0.29) is 36.4 Å². The van der Waals surface area contributed by atoms with E-state index in [4.69, 9.17) is 0 Å². The quantitative estimate of drug-likeness (QED) is 0.661. The van der Waals surface area contributed by atoms with Crippen molar-refractivity contribution in [3.05, 3.63) is 47.7 Å². The van der Waals surface area contributed by atoms with E-state index < -0.39 is 10.0 Å². The second-order valence-electron chi connectivity index (χ2n) is 7.50. The average Bonchev–Trinajstić information content (AvgIpc) is 3.10. The summed E-state index contributed by atoms with van der Waals surface area (Å²) in [5, 5.41) is 0. The minimum Gasteiger partial charge on any atom is -0.363 e. The molecule has 1 aromatic carbocycles. The molecule has 10 heteroatoms. The lowest BCUT2D eigenvalue weighted by Gasteiger charge is -2.20. The summed E-state index contributed by atoms with van der Waals surface area (Å²) < 4.78 is 38.7. The van der Waals surface area contributed by atoms with Crippen LogP contribution in [-0.4, -0.2) is 62.0 Å². The van der Waals surface area contributed by atoms with Gasteiger partial charge in [-0.05, 0) is 31.2 Å². The van der Waals surface area contributed by atoms with Gasteiger partial charge in [0.15, 0.2) is 0 Å². The highest BCUT2D eigenvalue weighted by Gasteiger charge is 2.33. The van der Waals surface area contributed by atoms with Gasteiger partial charge in [-0.1, -0.05) is 0 Å². The van der Waals surface area contributed by atoms with Gasteiger partial charge < -0.3 is 9.80 Å². The largest absolute Gasteiger partial charge is 0.363 e. The number of amides is 1. The summed E-state index contributed by atoms with van der Waals surface area (Å²) in [5.41, 5.74) is 1.32. The molecule has 1 aromatic heterocycles. The number of sulfonamides is 1. The Morgan fingerprint density at radius 3 is 2.43 bits per heavy atom. The van der Waals surface area contributed by atoms with Crippen molar-refractivity contribution in [2.24, 2.45) is 0 Å². The standard InChI is InChI=1S/C20H26FN5O3S/c1-5-30(28,29)25(4)13-18-22-17(11-19(23-18)24(2)3)14-10-20(27)26(12-14)16-8-6-15(21)7-9-16/h6-9,11,14H,5,10,12-13H2,1-4H3. The molecule has 1 amide bonds. The van der Waals surface area contributed by atoms with E-state index in [2.05, 4.69) is 9.97 Å². The number of aromatic nitrogens is 2. The summed E-state index contributed by atoms with van der Waals surface area (Å²) in [6.45, 7) is 2.05. The molecule has 0 bridgehead atoms. The van der Waals surface area contributed by atoms with E-state index in [0.29, 0.717) is 29.6 Å². The van der Waals surface area contributed by atoms with Crippen LogP contribution < -0.4 is 9.80 Å². The van der Waals surface area contributed by atoms with Crippen LogP contribution in [0.15, 0.2) is 30.3 Å². The molecule has 30 heavy (non-hydrogen) atoms. The Labute approximate surface area is 176 Å². The highest BCUT2D eigenvalue weighted by Crippen LogP contribution is 2.32. The molecule has 3 rings (SSSR count). The van der Waals surface area contributed by atoms with Gasteiger partial charge in [0, 0.05) is 51.8 Å². The monoisotopic (exact) mass is 435 g/mol. The zero-order valence-electron chi connectivity index (χ0n) is 17.5. The van der Waals surface area contributed by atoms with Crippen molar-refractivity contribution in [2.75, 3.05) is 43.2 Å². The van der Waals surface area contributed by atoms with Gasteiger partial charge in [0.2, 0.25) is 15.9 Å². The van der Waals surface area contributed by atoms with Crippen molar-refractivity contribution in [3.63, 3.8) is 0 Å². The third-order valence-electron chi connectivity index (χ3n) is 5.12. The fourth-order valence-electron chi connectivity index (χ4n) is 3.31. The molecule has 162 valence electrons. The molecular formula is C20H26FN5O3S. The van der Waals surface area contributed by atoms with E-state index in [1.807, 2.05) is 25.1 Å². The third kappa shape index (κ3) is 4.76. The van der Waals surface area contributed by atoms with Gasteiger partial charge in [-0.15, -0.1) is 0 Å². The van der Waals surface area contributed by atoms with Gasteiger partial charge in [0.25, 0.3) is 0 Å². The molecule has 0 radical (unpaired) electrons. The van der Waals surface area contributed by atoms with Gasteiger partial charge in [-0.25, -0.2) is 22.8 Å². The van der Waals surface area contributed by atoms with E-state index in [0.717, 1.165) is 0 Å². The van der Waals surface area contributed by atoms with Crippen molar-refractivity contribution >= 4 is 27.4 Å². The first-order valence-electron chi connectivity index (χ1n) is 9.66. The lowest BCUT2D eigenvalue weighted by molar-refractivity contribution is -0.117. The van der Waals surface area contributed by atoms with E-state index in [1.165, 1.54) is 23.5 Å². The summed E-state index contributed by atoms with van der Waals surface area (Å²) in [7, 11) is 1.81. The number of nitrogens with zero attached hydrogens (tertiary/aromatic N) is 5. The molecule has 8 nitrogen and oxygen atoms in total. The molecule has 0 aliphatic carbocycles. The molecule has 1 fully saturated rings. The van der Waals surface area contributed by atoms with Crippen LogP contribution in [0.3, 0.4) is 0 Å². The maximum Gasteiger partial charge on any atom is 0.227 e.